The van der Waals surface area contributed by atoms with Crippen LogP contribution in [0.4, 0.5) is 11.4 Å². The SMILES string of the molecule is CCCC[N+]1(CCCCCN2CCCCC2C(=O)Nc2ccc(C)cc2)[CH-]CCC1C(=O)Nc1c(C)cccc1C. The van der Waals surface area contributed by atoms with Crippen molar-refractivity contribution in [3.05, 3.63) is 65.7 Å². The number of carbonyl (C=O) groups is 2. The van der Waals surface area contributed by atoms with E-state index in [-0.39, 0.29) is 23.9 Å². The Labute approximate surface area is 248 Å². The first kappa shape index (κ1) is 31.2. The van der Waals surface area contributed by atoms with E-state index < -0.39 is 0 Å². The molecule has 0 radical (unpaired) electrons. The number of piperidine rings is 1. The van der Waals surface area contributed by atoms with Gasteiger partial charge in [0.25, 0.3) is 5.91 Å². The van der Waals surface area contributed by atoms with E-state index in [2.05, 4.69) is 61.9 Å². The molecule has 2 fully saturated rings. The summed E-state index contributed by atoms with van der Waals surface area (Å²) in [5, 5.41) is 6.46. The molecule has 224 valence electrons. The molecule has 2 heterocycles. The molecular formula is C35H52N4O2. The number of likely N-dealkylation sites (tertiary alicyclic amines) is 2. The molecule has 3 atom stereocenters. The number of hydrogen-bond donors (Lipinski definition) is 2. The number of carbonyl (C=O) groups excluding carboxylic acids is 2. The fraction of sp³-hybridized carbons (Fsp3) is 0.571. The van der Waals surface area contributed by atoms with Crippen LogP contribution in [0.25, 0.3) is 0 Å². The maximum absolute atomic E-state index is 13.6. The van der Waals surface area contributed by atoms with Gasteiger partial charge in [0.15, 0.2) is 0 Å². The Balaban J connectivity index is 1.31. The van der Waals surface area contributed by atoms with Gasteiger partial charge in [-0.05, 0) is 102 Å². The Kier molecular flexibility index (Phi) is 11.4. The van der Waals surface area contributed by atoms with Gasteiger partial charge in [-0.1, -0.05) is 55.7 Å². The standard InChI is InChI=1S/C35H52N4O2/c1-5-6-24-39(26-13-17-32(39)35(41)37-33-28(3)14-12-15-29(33)4)25-11-7-9-22-38-23-10-8-16-31(38)34(40)36-30-20-18-27(2)19-21-30/h12,14-15,18-21,26,31-32H,5-11,13,16-17,22-25H2,1-4H3,(H,36,40)(H,37,41). The highest BCUT2D eigenvalue weighted by atomic mass is 16.2. The molecule has 2 saturated heterocycles. The summed E-state index contributed by atoms with van der Waals surface area (Å²) in [6, 6.07) is 14.2. The Bertz CT molecular complexity index is 1130. The van der Waals surface area contributed by atoms with Gasteiger partial charge in [-0.3, -0.25) is 14.5 Å². The van der Waals surface area contributed by atoms with Crippen LogP contribution in [-0.4, -0.2) is 59.5 Å². The molecule has 2 aliphatic rings. The number of unbranched alkanes of at least 4 members (excludes halogenated alkanes) is 3. The number of quaternary nitrogens is 1. The van der Waals surface area contributed by atoms with Crippen molar-refractivity contribution in [3.63, 3.8) is 0 Å². The van der Waals surface area contributed by atoms with Crippen LogP contribution in [0.2, 0.25) is 0 Å². The van der Waals surface area contributed by atoms with Crippen molar-refractivity contribution < 1.29 is 14.1 Å². The summed E-state index contributed by atoms with van der Waals surface area (Å²) < 4.78 is 0.815. The molecule has 2 N–H and O–H groups in total. The molecule has 0 aliphatic carbocycles. The van der Waals surface area contributed by atoms with Gasteiger partial charge in [0.1, 0.15) is 6.04 Å². The van der Waals surface area contributed by atoms with E-state index in [0.29, 0.717) is 0 Å². The molecule has 0 aromatic heterocycles. The van der Waals surface area contributed by atoms with E-state index in [4.69, 9.17) is 0 Å². The van der Waals surface area contributed by atoms with Gasteiger partial charge in [0, 0.05) is 11.4 Å². The van der Waals surface area contributed by atoms with Crippen LogP contribution in [-0.2, 0) is 9.59 Å². The predicted octanol–water partition coefficient (Wildman–Crippen LogP) is 7.15. The largest absolute Gasteiger partial charge is 0.444 e. The minimum atomic E-state index is -0.0436. The number of anilines is 2. The molecule has 2 aliphatic heterocycles. The van der Waals surface area contributed by atoms with Crippen LogP contribution in [0.1, 0.15) is 87.8 Å². The van der Waals surface area contributed by atoms with Crippen molar-refractivity contribution in [1.29, 1.82) is 0 Å². The van der Waals surface area contributed by atoms with Gasteiger partial charge in [-0.15, -0.1) is 13.0 Å². The minimum absolute atomic E-state index is 0.0162. The van der Waals surface area contributed by atoms with Crippen LogP contribution in [0.3, 0.4) is 0 Å². The Morgan fingerprint density at radius 3 is 2.34 bits per heavy atom. The van der Waals surface area contributed by atoms with Crippen molar-refractivity contribution >= 4 is 23.2 Å². The summed E-state index contributed by atoms with van der Waals surface area (Å²) in [5.41, 5.74) is 5.29. The Hall–Kier alpha value is -2.70. The minimum Gasteiger partial charge on any atom is -0.444 e. The van der Waals surface area contributed by atoms with E-state index in [1.54, 1.807) is 0 Å². The zero-order valence-corrected chi connectivity index (χ0v) is 25.9. The van der Waals surface area contributed by atoms with E-state index in [0.717, 1.165) is 117 Å². The molecule has 0 saturated carbocycles. The highest BCUT2D eigenvalue weighted by Crippen LogP contribution is 2.34. The van der Waals surface area contributed by atoms with Crippen molar-refractivity contribution in [2.75, 3.05) is 36.8 Å². The summed E-state index contributed by atoms with van der Waals surface area (Å²) >= 11 is 0. The average molecular weight is 561 g/mol. The summed E-state index contributed by atoms with van der Waals surface area (Å²) in [5.74, 6) is 0.296. The van der Waals surface area contributed by atoms with Gasteiger partial charge in [0.2, 0.25) is 5.91 Å². The lowest BCUT2D eigenvalue weighted by Crippen LogP contribution is -2.55. The fourth-order valence-corrected chi connectivity index (χ4v) is 6.83. The van der Waals surface area contributed by atoms with Crippen molar-refractivity contribution in [2.24, 2.45) is 0 Å². The number of hydrogen-bond acceptors (Lipinski definition) is 3. The molecule has 2 amide bonds. The number of para-hydroxylation sites is 1. The number of aryl methyl sites for hydroxylation is 3. The maximum atomic E-state index is 13.6. The fourth-order valence-electron chi connectivity index (χ4n) is 6.83. The number of rotatable bonds is 13. The first-order valence-corrected chi connectivity index (χ1v) is 16.0. The van der Waals surface area contributed by atoms with E-state index in [9.17, 15) is 9.59 Å². The van der Waals surface area contributed by atoms with E-state index in [1.807, 2.05) is 30.3 Å². The van der Waals surface area contributed by atoms with Gasteiger partial charge >= 0.3 is 0 Å². The molecule has 41 heavy (non-hydrogen) atoms. The normalized spacial score (nSPS) is 22.9. The third-order valence-corrected chi connectivity index (χ3v) is 9.27. The lowest BCUT2D eigenvalue weighted by atomic mass is 10.0. The first-order valence-electron chi connectivity index (χ1n) is 16.0. The number of amides is 2. The average Bonchev–Trinajstić information content (AvgIpc) is 3.39. The zero-order chi connectivity index (χ0) is 29.2. The zero-order valence-electron chi connectivity index (χ0n) is 25.9. The van der Waals surface area contributed by atoms with E-state index >= 15 is 0 Å². The molecule has 6 nitrogen and oxygen atoms in total. The van der Waals surface area contributed by atoms with E-state index in [1.165, 1.54) is 5.56 Å². The van der Waals surface area contributed by atoms with Crippen molar-refractivity contribution in [3.8, 4) is 0 Å². The third kappa shape index (κ3) is 8.20. The van der Waals surface area contributed by atoms with Gasteiger partial charge < -0.3 is 15.1 Å². The van der Waals surface area contributed by atoms with Crippen LogP contribution in [0.15, 0.2) is 42.5 Å². The monoisotopic (exact) mass is 560 g/mol. The molecule has 4 rings (SSSR count). The highest BCUT2D eigenvalue weighted by molar-refractivity contribution is 5.96. The van der Waals surface area contributed by atoms with Gasteiger partial charge in [-0.2, -0.15) is 0 Å². The van der Waals surface area contributed by atoms with Crippen LogP contribution < -0.4 is 10.6 Å². The van der Waals surface area contributed by atoms with Crippen molar-refractivity contribution in [1.82, 2.24) is 4.90 Å². The lowest BCUT2D eigenvalue weighted by Gasteiger charge is -2.48. The quantitative estimate of drug-likeness (QED) is 0.155. The summed E-state index contributed by atoms with van der Waals surface area (Å²) in [4.78, 5) is 29.2. The van der Waals surface area contributed by atoms with Gasteiger partial charge in [0.05, 0.1) is 19.1 Å². The molecule has 2 aromatic carbocycles. The Morgan fingerprint density at radius 2 is 1.61 bits per heavy atom. The predicted molar refractivity (Wildman–Crippen MR) is 170 cm³/mol. The number of nitrogens with zero attached hydrogens (tertiary/aromatic N) is 2. The molecule has 6 heteroatoms. The highest BCUT2D eigenvalue weighted by Gasteiger charge is 2.39. The topological polar surface area (TPSA) is 61.4 Å². The summed E-state index contributed by atoms with van der Waals surface area (Å²) in [6.07, 6.45) is 10.7. The second kappa shape index (κ2) is 15.0. The lowest BCUT2D eigenvalue weighted by molar-refractivity contribution is -0.905. The second-order valence-electron chi connectivity index (χ2n) is 12.4. The Morgan fingerprint density at radius 1 is 0.878 bits per heavy atom. The smallest absolute Gasteiger partial charge is 0.280 e. The second-order valence-corrected chi connectivity index (χ2v) is 12.4. The number of benzene rings is 2. The van der Waals surface area contributed by atoms with Crippen LogP contribution in [0.5, 0.6) is 0 Å². The molecule has 0 bridgehead atoms. The van der Waals surface area contributed by atoms with Crippen molar-refractivity contribution in [2.45, 2.75) is 104 Å². The summed E-state index contributed by atoms with van der Waals surface area (Å²) in [6.45, 7) is 14.9. The maximum Gasteiger partial charge on any atom is 0.280 e. The van der Waals surface area contributed by atoms with Crippen LogP contribution >= 0.6 is 0 Å². The molecule has 2 aromatic rings. The first-order chi connectivity index (χ1) is 19.8. The molecular weight excluding hydrogens is 508 g/mol. The molecule has 0 spiro atoms. The summed E-state index contributed by atoms with van der Waals surface area (Å²) in [7, 11) is 0. The molecule has 3 unspecified atom stereocenters. The number of nitrogens with one attached hydrogen (secondary N) is 2. The third-order valence-electron chi connectivity index (χ3n) is 9.27. The van der Waals surface area contributed by atoms with Crippen LogP contribution in [0, 0.1) is 27.3 Å². The van der Waals surface area contributed by atoms with Gasteiger partial charge in [-0.25, -0.2) is 0 Å².